The molecule has 1 N–H and O–H groups in total. The number of aromatic nitrogens is 3. The quantitative estimate of drug-likeness (QED) is 0.863. The first-order chi connectivity index (χ1) is 7.88. The molecule has 0 aliphatic rings. The molecule has 0 saturated carbocycles. The molecule has 16 heavy (non-hydrogen) atoms. The van der Waals surface area contributed by atoms with Crippen molar-refractivity contribution >= 4 is 16.7 Å². The van der Waals surface area contributed by atoms with Gasteiger partial charge in [-0.3, -0.25) is 4.98 Å². The highest BCUT2D eigenvalue weighted by Gasteiger charge is 2.02. The second kappa shape index (κ2) is 5.55. The van der Waals surface area contributed by atoms with Gasteiger partial charge >= 0.3 is 0 Å². The van der Waals surface area contributed by atoms with Gasteiger partial charge in [0.1, 0.15) is 5.82 Å². The van der Waals surface area contributed by atoms with E-state index in [0.717, 1.165) is 30.3 Å². The zero-order chi connectivity index (χ0) is 11.2. The van der Waals surface area contributed by atoms with Crippen LogP contribution in [0.1, 0.15) is 24.7 Å². The fourth-order valence-electron chi connectivity index (χ4n) is 1.33. The Morgan fingerprint density at radius 2 is 2.12 bits per heavy atom. The van der Waals surface area contributed by atoms with Gasteiger partial charge in [0.05, 0.1) is 0 Å². The molecule has 4 nitrogen and oxygen atoms in total. The Morgan fingerprint density at radius 3 is 2.88 bits per heavy atom. The number of aryl methyl sites for hydroxylation is 1. The molecule has 0 fully saturated rings. The summed E-state index contributed by atoms with van der Waals surface area (Å²) in [6.45, 7) is 2.90. The van der Waals surface area contributed by atoms with Crippen molar-refractivity contribution in [2.24, 2.45) is 0 Å². The van der Waals surface area contributed by atoms with E-state index in [-0.39, 0.29) is 0 Å². The monoisotopic (exact) mass is 234 g/mol. The molecule has 2 aromatic rings. The van der Waals surface area contributed by atoms with E-state index in [1.165, 1.54) is 17.1 Å². The molecule has 0 aromatic carbocycles. The minimum atomic E-state index is 0.767. The topological polar surface area (TPSA) is 50.7 Å². The third kappa shape index (κ3) is 3.00. The molecule has 0 atom stereocenters. The molecule has 0 saturated heterocycles. The zero-order valence-corrected chi connectivity index (χ0v) is 10.00. The lowest BCUT2D eigenvalue weighted by molar-refractivity contribution is 0.861. The first-order valence-corrected chi connectivity index (χ1v) is 6.11. The molecule has 2 aromatic heterocycles. The first-order valence-electron chi connectivity index (χ1n) is 5.34. The molecule has 0 bridgehead atoms. The van der Waals surface area contributed by atoms with Crippen LogP contribution in [0.4, 0.5) is 5.13 Å². The van der Waals surface area contributed by atoms with Gasteiger partial charge in [-0.05, 0) is 24.1 Å². The van der Waals surface area contributed by atoms with Crippen molar-refractivity contribution in [1.29, 1.82) is 0 Å². The molecule has 0 spiro atoms. The maximum Gasteiger partial charge on any atom is 0.202 e. The number of anilines is 1. The van der Waals surface area contributed by atoms with Crippen LogP contribution in [0.25, 0.3) is 0 Å². The molecule has 5 heteroatoms. The van der Waals surface area contributed by atoms with Gasteiger partial charge in [0.15, 0.2) is 0 Å². The normalized spacial score (nSPS) is 10.3. The van der Waals surface area contributed by atoms with Gasteiger partial charge in [-0.15, -0.1) is 0 Å². The van der Waals surface area contributed by atoms with E-state index >= 15 is 0 Å². The number of nitrogens with zero attached hydrogens (tertiary/aromatic N) is 3. The van der Waals surface area contributed by atoms with Crippen molar-refractivity contribution < 1.29 is 0 Å². The van der Waals surface area contributed by atoms with Crippen molar-refractivity contribution in [3.05, 3.63) is 35.9 Å². The molecule has 0 unspecified atom stereocenters. The third-order valence-corrected chi connectivity index (χ3v) is 2.85. The van der Waals surface area contributed by atoms with Crippen LogP contribution in [0, 0.1) is 0 Å². The lowest BCUT2D eigenvalue weighted by Gasteiger charge is -2.00. The first kappa shape index (κ1) is 11.0. The van der Waals surface area contributed by atoms with Crippen LogP contribution >= 0.6 is 11.5 Å². The summed E-state index contributed by atoms with van der Waals surface area (Å²) in [6, 6.07) is 3.97. The van der Waals surface area contributed by atoms with Crippen LogP contribution in [0.5, 0.6) is 0 Å². The molecule has 84 valence electrons. The maximum atomic E-state index is 4.40. The SMILES string of the molecule is CCCc1nsc(NCc2ccncc2)n1. The molecular formula is C11H14N4S. The van der Waals surface area contributed by atoms with E-state index in [1.54, 1.807) is 12.4 Å². The average Bonchev–Trinajstić information content (AvgIpc) is 2.76. The Balaban J connectivity index is 1.89. The van der Waals surface area contributed by atoms with E-state index in [4.69, 9.17) is 0 Å². The second-order valence-electron chi connectivity index (χ2n) is 3.47. The van der Waals surface area contributed by atoms with Crippen molar-refractivity contribution in [1.82, 2.24) is 14.3 Å². The lowest BCUT2D eigenvalue weighted by Crippen LogP contribution is -1.99. The predicted molar refractivity (Wildman–Crippen MR) is 65.5 cm³/mol. The molecule has 0 aliphatic carbocycles. The number of pyridine rings is 1. The predicted octanol–water partition coefficient (Wildman–Crippen LogP) is 2.50. The molecule has 0 aliphatic heterocycles. The molecule has 0 radical (unpaired) electrons. The number of rotatable bonds is 5. The van der Waals surface area contributed by atoms with E-state index in [2.05, 4.69) is 26.6 Å². The van der Waals surface area contributed by atoms with Gasteiger partial charge < -0.3 is 5.32 Å². The summed E-state index contributed by atoms with van der Waals surface area (Å²) in [5.74, 6) is 0.935. The highest BCUT2D eigenvalue weighted by molar-refractivity contribution is 7.09. The maximum absolute atomic E-state index is 4.40. The highest BCUT2D eigenvalue weighted by Crippen LogP contribution is 2.13. The van der Waals surface area contributed by atoms with Crippen molar-refractivity contribution in [2.45, 2.75) is 26.3 Å². The van der Waals surface area contributed by atoms with Crippen LogP contribution in [0.15, 0.2) is 24.5 Å². The minimum absolute atomic E-state index is 0.767. The van der Waals surface area contributed by atoms with E-state index in [1.807, 2.05) is 12.1 Å². The zero-order valence-electron chi connectivity index (χ0n) is 9.18. The van der Waals surface area contributed by atoms with Gasteiger partial charge in [-0.25, -0.2) is 4.98 Å². The Bertz CT molecular complexity index is 427. The van der Waals surface area contributed by atoms with Gasteiger partial charge in [-0.1, -0.05) is 6.92 Å². The fraction of sp³-hybridized carbons (Fsp3) is 0.364. The molecule has 2 heterocycles. The van der Waals surface area contributed by atoms with Gasteiger partial charge in [0.25, 0.3) is 0 Å². The standard InChI is InChI=1S/C11H14N4S/c1-2-3-10-14-11(16-15-10)13-8-9-4-6-12-7-5-9/h4-7H,2-3,8H2,1H3,(H,13,14,15). The van der Waals surface area contributed by atoms with E-state index in [0.29, 0.717) is 0 Å². The van der Waals surface area contributed by atoms with Crippen LogP contribution in [0.2, 0.25) is 0 Å². The summed E-state index contributed by atoms with van der Waals surface area (Å²) in [6.07, 6.45) is 5.62. The van der Waals surface area contributed by atoms with Crippen molar-refractivity contribution in [3.8, 4) is 0 Å². The lowest BCUT2D eigenvalue weighted by atomic mass is 10.3. The van der Waals surface area contributed by atoms with Crippen LogP contribution in [-0.2, 0) is 13.0 Å². The van der Waals surface area contributed by atoms with Gasteiger partial charge in [0.2, 0.25) is 5.13 Å². The summed E-state index contributed by atoms with van der Waals surface area (Å²) in [4.78, 5) is 8.37. The Kier molecular flexibility index (Phi) is 3.82. The summed E-state index contributed by atoms with van der Waals surface area (Å²) < 4.78 is 4.27. The van der Waals surface area contributed by atoms with Gasteiger partial charge in [-0.2, -0.15) is 4.37 Å². The largest absolute Gasteiger partial charge is 0.356 e. The summed E-state index contributed by atoms with van der Waals surface area (Å²) in [5, 5.41) is 4.15. The number of nitrogens with one attached hydrogen (secondary N) is 1. The van der Waals surface area contributed by atoms with Crippen molar-refractivity contribution in [2.75, 3.05) is 5.32 Å². The Hall–Kier alpha value is -1.49. The number of hydrogen-bond donors (Lipinski definition) is 1. The second-order valence-corrected chi connectivity index (χ2v) is 4.23. The Morgan fingerprint density at radius 1 is 1.31 bits per heavy atom. The molecular weight excluding hydrogens is 220 g/mol. The molecule has 0 amide bonds. The smallest absolute Gasteiger partial charge is 0.202 e. The van der Waals surface area contributed by atoms with Gasteiger partial charge in [0, 0.05) is 36.9 Å². The highest BCUT2D eigenvalue weighted by atomic mass is 32.1. The number of hydrogen-bond acceptors (Lipinski definition) is 5. The van der Waals surface area contributed by atoms with E-state index in [9.17, 15) is 0 Å². The Labute approximate surface area is 98.9 Å². The molecule has 2 rings (SSSR count). The van der Waals surface area contributed by atoms with Crippen molar-refractivity contribution in [3.63, 3.8) is 0 Å². The van der Waals surface area contributed by atoms with Crippen LogP contribution in [0.3, 0.4) is 0 Å². The van der Waals surface area contributed by atoms with Crippen LogP contribution in [-0.4, -0.2) is 14.3 Å². The summed E-state index contributed by atoms with van der Waals surface area (Å²) >= 11 is 1.42. The summed E-state index contributed by atoms with van der Waals surface area (Å²) in [7, 11) is 0. The minimum Gasteiger partial charge on any atom is -0.356 e. The van der Waals surface area contributed by atoms with Crippen LogP contribution < -0.4 is 5.32 Å². The third-order valence-electron chi connectivity index (χ3n) is 2.13. The van der Waals surface area contributed by atoms with E-state index < -0.39 is 0 Å². The summed E-state index contributed by atoms with van der Waals surface area (Å²) in [5.41, 5.74) is 1.20. The fourth-order valence-corrected chi connectivity index (χ4v) is 1.94. The average molecular weight is 234 g/mol.